The molecule has 1 amide bonds. The summed E-state index contributed by atoms with van der Waals surface area (Å²) in [7, 11) is 0. The molecule has 4 nitrogen and oxygen atoms in total. The molecule has 1 atom stereocenters. The zero-order valence-electron chi connectivity index (χ0n) is 12.3. The summed E-state index contributed by atoms with van der Waals surface area (Å²) in [6.45, 7) is 5.87. The van der Waals surface area contributed by atoms with Crippen molar-refractivity contribution in [2.45, 2.75) is 26.0 Å². The van der Waals surface area contributed by atoms with Gasteiger partial charge in [0.25, 0.3) is 0 Å². The number of benzene rings is 1. The summed E-state index contributed by atoms with van der Waals surface area (Å²) in [5.74, 6) is -0.326. The third-order valence-electron chi connectivity index (χ3n) is 3.34. The molecule has 2 rings (SSSR count). The van der Waals surface area contributed by atoms with Gasteiger partial charge in [-0.2, -0.15) is 0 Å². The Hall–Kier alpha value is -1.17. The molecule has 1 N–H and O–H groups in total. The number of nitrogens with one attached hydrogen (secondary N) is 1. The molecule has 0 radical (unpaired) electrons. The van der Waals surface area contributed by atoms with E-state index in [1.54, 1.807) is 11.0 Å². The van der Waals surface area contributed by atoms with E-state index in [2.05, 4.69) is 5.32 Å². The quantitative estimate of drug-likeness (QED) is 0.925. The van der Waals surface area contributed by atoms with Gasteiger partial charge in [0.2, 0.25) is 5.91 Å². The second kappa shape index (κ2) is 8.32. The van der Waals surface area contributed by atoms with Gasteiger partial charge in [0.1, 0.15) is 12.4 Å². The van der Waals surface area contributed by atoms with E-state index in [4.69, 9.17) is 4.74 Å². The van der Waals surface area contributed by atoms with Crippen LogP contribution in [-0.2, 0) is 9.53 Å². The minimum Gasteiger partial charge on any atom is -0.369 e. The Kier molecular flexibility index (Phi) is 7.08. The topological polar surface area (TPSA) is 41.6 Å². The molecule has 1 aromatic carbocycles. The standard InChI is InChI=1S/C15H21FN2O2.ClH/c1-11(2)20-10-15(19)18-7-6-17-9-14(18)12-4-3-5-13(16)8-12;/h3-5,8,11,14,17H,6-7,9-10H2,1-2H3;1H. The van der Waals surface area contributed by atoms with Crippen LogP contribution < -0.4 is 5.32 Å². The second-order valence-corrected chi connectivity index (χ2v) is 5.22. The van der Waals surface area contributed by atoms with Gasteiger partial charge < -0.3 is 15.0 Å². The maximum Gasteiger partial charge on any atom is 0.249 e. The number of rotatable bonds is 4. The van der Waals surface area contributed by atoms with Crippen molar-refractivity contribution in [2.24, 2.45) is 0 Å². The molecule has 0 spiro atoms. The average Bonchev–Trinajstić information content (AvgIpc) is 2.44. The van der Waals surface area contributed by atoms with Crippen molar-refractivity contribution in [2.75, 3.05) is 26.2 Å². The molecule has 0 saturated carbocycles. The SMILES string of the molecule is CC(C)OCC(=O)N1CCNCC1c1cccc(F)c1.Cl. The molecule has 0 aromatic heterocycles. The van der Waals surface area contributed by atoms with Gasteiger partial charge in [-0.1, -0.05) is 12.1 Å². The Morgan fingerprint density at radius 2 is 2.29 bits per heavy atom. The van der Waals surface area contributed by atoms with Crippen molar-refractivity contribution >= 4 is 18.3 Å². The van der Waals surface area contributed by atoms with Crippen LogP contribution in [0.15, 0.2) is 24.3 Å². The van der Waals surface area contributed by atoms with Gasteiger partial charge in [-0.15, -0.1) is 12.4 Å². The predicted molar refractivity (Wildman–Crippen MR) is 82.1 cm³/mol. The molecule has 0 bridgehead atoms. The van der Waals surface area contributed by atoms with Crippen LogP contribution in [0.25, 0.3) is 0 Å². The summed E-state index contributed by atoms with van der Waals surface area (Å²) < 4.78 is 18.7. The van der Waals surface area contributed by atoms with Crippen LogP contribution in [0.1, 0.15) is 25.5 Å². The van der Waals surface area contributed by atoms with Gasteiger partial charge >= 0.3 is 0 Å². The lowest BCUT2D eigenvalue weighted by Crippen LogP contribution is -2.49. The third kappa shape index (κ3) is 4.95. The van der Waals surface area contributed by atoms with Crippen molar-refractivity contribution in [3.8, 4) is 0 Å². The van der Waals surface area contributed by atoms with E-state index >= 15 is 0 Å². The fourth-order valence-electron chi connectivity index (χ4n) is 2.34. The van der Waals surface area contributed by atoms with Crippen molar-refractivity contribution in [3.63, 3.8) is 0 Å². The molecule has 0 aliphatic carbocycles. The van der Waals surface area contributed by atoms with E-state index in [1.165, 1.54) is 12.1 Å². The second-order valence-electron chi connectivity index (χ2n) is 5.22. The van der Waals surface area contributed by atoms with Crippen LogP contribution in [0.3, 0.4) is 0 Å². The van der Waals surface area contributed by atoms with Crippen molar-refractivity contribution < 1.29 is 13.9 Å². The first-order chi connectivity index (χ1) is 9.58. The summed E-state index contributed by atoms with van der Waals surface area (Å²) in [4.78, 5) is 14.0. The van der Waals surface area contributed by atoms with Crippen molar-refractivity contribution in [1.82, 2.24) is 10.2 Å². The van der Waals surface area contributed by atoms with Gasteiger partial charge in [0, 0.05) is 19.6 Å². The zero-order chi connectivity index (χ0) is 14.5. The van der Waals surface area contributed by atoms with Crippen LogP contribution in [0, 0.1) is 5.82 Å². The first kappa shape index (κ1) is 17.9. The molecule has 118 valence electrons. The van der Waals surface area contributed by atoms with Crippen LogP contribution >= 0.6 is 12.4 Å². The van der Waals surface area contributed by atoms with Gasteiger partial charge in [0.15, 0.2) is 0 Å². The molecule has 21 heavy (non-hydrogen) atoms. The summed E-state index contributed by atoms with van der Waals surface area (Å²) in [6, 6.07) is 6.29. The van der Waals surface area contributed by atoms with Crippen LogP contribution in [0.4, 0.5) is 4.39 Å². The molecule has 1 unspecified atom stereocenters. The molecule has 1 saturated heterocycles. The van der Waals surface area contributed by atoms with E-state index in [-0.39, 0.29) is 42.9 Å². The predicted octanol–water partition coefficient (Wildman–Crippen LogP) is 2.15. The highest BCUT2D eigenvalue weighted by molar-refractivity contribution is 5.85. The first-order valence-corrected chi connectivity index (χ1v) is 6.95. The van der Waals surface area contributed by atoms with Crippen LogP contribution in [0.2, 0.25) is 0 Å². The number of piperazine rings is 1. The highest BCUT2D eigenvalue weighted by Gasteiger charge is 2.28. The smallest absolute Gasteiger partial charge is 0.249 e. The lowest BCUT2D eigenvalue weighted by Gasteiger charge is -2.36. The minimum atomic E-state index is -0.279. The maximum absolute atomic E-state index is 13.4. The number of hydrogen-bond acceptors (Lipinski definition) is 3. The van der Waals surface area contributed by atoms with E-state index in [9.17, 15) is 9.18 Å². The normalized spacial score (nSPS) is 18.5. The third-order valence-corrected chi connectivity index (χ3v) is 3.34. The Balaban J connectivity index is 0.00000220. The van der Waals surface area contributed by atoms with Gasteiger partial charge in [-0.05, 0) is 31.5 Å². The number of hydrogen-bond donors (Lipinski definition) is 1. The number of nitrogens with zero attached hydrogens (tertiary/aromatic N) is 1. The monoisotopic (exact) mass is 316 g/mol. The molecule has 1 aliphatic heterocycles. The molecular weight excluding hydrogens is 295 g/mol. The van der Waals surface area contributed by atoms with E-state index in [0.29, 0.717) is 13.1 Å². The van der Waals surface area contributed by atoms with Crippen molar-refractivity contribution in [3.05, 3.63) is 35.6 Å². The fraction of sp³-hybridized carbons (Fsp3) is 0.533. The molecule has 1 fully saturated rings. The number of amides is 1. The van der Waals surface area contributed by atoms with E-state index in [1.807, 2.05) is 19.9 Å². The average molecular weight is 317 g/mol. The van der Waals surface area contributed by atoms with E-state index < -0.39 is 0 Å². The maximum atomic E-state index is 13.4. The van der Waals surface area contributed by atoms with Gasteiger partial charge in [-0.3, -0.25) is 4.79 Å². The summed E-state index contributed by atoms with van der Waals surface area (Å²) >= 11 is 0. The molecular formula is C15H22ClFN2O2. The van der Waals surface area contributed by atoms with Gasteiger partial charge in [-0.25, -0.2) is 4.39 Å². The minimum absolute atomic E-state index is 0. The number of halogens is 2. The lowest BCUT2D eigenvalue weighted by atomic mass is 10.0. The Morgan fingerprint density at radius 3 is 2.95 bits per heavy atom. The number of carbonyl (C=O) groups excluding carboxylic acids is 1. The number of carbonyl (C=O) groups is 1. The first-order valence-electron chi connectivity index (χ1n) is 6.95. The Labute approximate surface area is 131 Å². The molecule has 1 heterocycles. The molecule has 1 aliphatic rings. The van der Waals surface area contributed by atoms with Gasteiger partial charge in [0.05, 0.1) is 12.1 Å². The lowest BCUT2D eigenvalue weighted by molar-refractivity contribution is -0.141. The molecule has 6 heteroatoms. The summed E-state index contributed by atoms with van der Waals surface area (Å²) in [6.07, 6.45) is 0.0227. The Morgan fingerprint density at radius 1 is 1.52 bits per heavy atom. The highest BCUT2D eigenvalue weighted by atomic mass is 35.5. The highest BCUT2D eigenvalue weighted by Crippen LogP contribution is 2.23. The fourth-order valence-corrected chi connectivity index (χ4v) is 2.34. The Bertz CT molecular complexity index is 471. The van der Waals surface area contributed by atoms with E-state index in [0.717, 1.165) is 12.1 Å². The van der Waals surface area contributed by atoms with Crippen LogP contribution in [0.5, 0.6) is 0 Å². The number of ether oxygens (including phenoxy) is 1. The molecule has 1 aromatic rings. The zero-order valence-corrected chi connectivity index (χ0v) is 13.2. The summed E-state index contributed by atoms with van der Waals surface area (Å²) in [5.41, 5.74) is 0.815. The van der Waals surface area contributed by atoms with Crippen LogP contribution in [-0.4, -0.2) is 43.2 Å². The van der Waals surface area contributed by atoms with Crippen molar-refractivity contribution in [1.29, 1.82) is 0 Å². The largest absolute Gasteiger partial charge is 0.369 e. The summed E-state index contributed by atoms with van der Waals surface area (Å²) in [5, 5.41) is 3.25.